The van der Waals surface area contributed by atoms with E-state index in [9.17, 15) is 0 Å². The van der Waals surface area contributed by atoms with Crippen LogP contribution in [0.5, 0.6) is 0 Å². The van der Waals surface area contributed by atoms with Crippen LogP contribution in [-0.4, -0.2) is 0 Å². The lowest BCUT2D eigenvalue weighted by molar-refractivity contribution is 0.600. The van der Waals surface area contributed by atoms with Gasteiger partial charge in [-0.25, -0.2) is 0 Å². The molecule has 11 heavy (non-hydrogen) atoms. The normalized spacial score (nSPS) is 11.4. The molecule has 1 radical (unpaired) electrons. The highest BCUT2D eigenvalue weighted by Gasteiger charge is 2.08. The van der Waals surface area contributed by atoms with Crippen LogP contribution >= 0.6 is 0 Å². The van der Waals surface area contributed by atoms with Crippen molar-refractivity contribution in [2.24, 2.45) is 17.8 Å². The van der Waals surface area contributed by atoms with Gasteiger partial charge in [0.05, 0.1) is 0 Å². The first kappa shape index (κ1) is 10.7. The summed E-state index contributed by atoms with van der Waals surface area (Å²) in [5.74, 6) is 1.87. The zero-order valence-electron chi connectivity index (χ0n) is 8.73. The molecule has 0 N–H and O–H groups in total. The maximum Gasteiger partial charge on any atom is -0.0216 e. The van der Waals surface area contributed by atoms with Crippen LogP contribution in [0, 0.1) is 23.8 Å². The van der Waals surface area contributed by atoms with E-state index in [0.29, 0.717) is 17.8 Å². The second-order valence-electron chi connectivity index (χ2n) is 4.06. The fraction of sp³-hybridized carbons (Fsp3) is 0.818. The Morgan fingerprint density at radius 2 is 1.18 bits per heavy atom. The van der Waals surface area contributed by atoms with Crippen molar-refractivity contribution in [2.75, 3.05) is 0 Å². The molecule has 0 fully saturated rings. The molecule has 0 saturated heterocycles. The highest BCUT2D eigenvalue weighted by atomic mass is 14.1. The number of hydrogen-bond donors (Lipinski definition) is 0. The predicted octanol–water partition coefficient (Wildman–Crippen LogP) is 3.68. The van der Waals surface area contributed by atoms with Gasteiger partial charge in [-0.15, -0.1) is 0 Å². The van der Waals surface area contributed by atoms with E-state index in [1.807, 2.05) is 0 Å². The maximum atomic E-state index is 3.50. The van der Waals surface area contributed by atoms with E-state index in [4.69, 9.17) is 0 Å². The first-order valence-corrected chi connectivity index (χ1v) is 4.58. The Balaban J connectivity index is 4.33. The SMILES string of the molecule is CC(C)[C]=C(C(C)C)C(C)C. The second kappa shape index (κ2) is 4.58. The van der Waals surface area contributed by atoms with E-state index in [2.05, 4.69) is 47.6 Å². The predicted molar refractivity (Wildman–Crippen MR) is 51.3 cm³/mol. The van der Waals surface area contributed by atoms with Crippen molar-refractivity contribution in [3.63, 3.8) is 0 Å². The Labute approximate surface area is 71.7 Å². The Morgan fingerprint density at radius 3 is 1.27 bits per heavy atom. The van der Waals surface area contributed by atoms with Crippen molar-refractivity contribution in [3.05, 3.63) is 11.6 Å². The monoisotopic (exact) mass is 153 g/mol. The van der Waals surface area contributed by atoms with Crippen LogP contribution in [-0.2, 0) is 0 Å². The lowest BCUT2D eigenvalue weighted by Gasteiger charge is -2.15. The van der Waals surface area contributed by atoms with Gasteiger partial charge in [-0.1, -0.05) is 47.1 Å². The van der Waals surface area contributed by atoms with E-state index in [-0.39, 0.29) is 0 Å². The molecule has 0 aromatic heterocycles. The van der Waals surface area contributed by atoms with Crippen molar-refractivity contribution in [1.82, 2.24) is 0 Å². The standard InChI is InChI=1S/C11H21/c1-8(2)7-11(9(3)4)10(5)6/h8-10H,1-6H3. The minimum atomic E-state index is 0.565. The van der Waals surface area contributed by atoms with Gasteiger partial charge < -0.3 is 0 Å². The van der Waals surface area contributed by atoms with Crippen LogP contribution in [0.25, 0.3) is 0 Å². The lowest BCUT2D eigenvalue weighted by atomic mass is 9.90. The largest absolute Gasteiger partial charge is 0.0614 e. The summed E-state index contributed by atoms with van der Waals surface area (Å²) in [4.78, 5) is 0. The Kier molecular flexibility index (Phi) is 4.48. The average molecular weight is 153 g/mol. The van der Waals surface area contributed by atoms with E-state index in [1.165, 1.54) is 5.57 Å². The van der Waals surface area contributed by atoms with Crippen LogP contribution < -0.4 is 0 Å². The molecule has 0 aliphatic heterocycles. The number of hydrogen-bond acceptors (Lipinski definition) is 0. The highest BCUT2D eigenvalue weighted by molar-refractivity contribution is 5.03. The lowest BCUT2D eigenvalue weighted by Crippen LogP contribution is -2.04. The van der Waals surface area contributed by atoms with Crippen molar-refractivity contribution in [1.29, 1.82) is 0 Å². The molecule has 0 nitrogen and oxygen atoms in total. The molecular weight excluding hydrogens is 132 g/mol. The third-order valence-corrected chi connectivity index (χ3v) is 1.70. The van der Waals surface area contributed by atoms with Crippen LogP contribution in [0.2, 0.25) is 0 Å². The van der Waals surface area contributed by atoms with Gasteiger partial charge in [0.15, 0.2) is 0 Å². The molecule has 65 valence electrons. The van der Waals surface area contributed by atoms with Gasteiger partial charge in [-0.3, -0.25) is 0 Å². The minimum absolute atomic E-state index is 0.565. The van der Waals surface area contributed by atoms with Gasteiger partial charge in [0.1, 0.15) is 0 Å². The number of rotatable bonds is 3. The minimum Gasteiger partial charge on any atom is -0.0614 e. The molecule has 0 heterocycles. The fourth-order valence-corrected chi connectivity index (χ4v) is 1.33. The molecule has 0 aliphatic rings. The summed E-state index contributed by atoms with van der Waals surface area (Å²) in [5.41, 5.74) is 1.47. The summed E-state index contributed by atoms with van der Waals surface area (Å²) < 4.78 is 0. The smallest absolute Gasteiger partial charge is 0.0216 e. The molecule has 0 heteroatoms. The summed E-state index contributed by atoms with van der Waals surface area (Å²) in [6.45, 7) is 13.3. The summed E-state index contributed by atoms with van der Waals surface area (Å²) in [6, 6.07) is 0. The Morgan fingerprint density at radius 1 is 0.818 bits per heavy atom. The number of allylic oxidation sites excluding steroid dienone is 2. The Bertz CT molecular complexity index is 117. The summed E-state index contributed by atoms with van der Waals surface area (Å²) in [5, 5.41) is 0. The molecule has 0 aromatic rings. The molecule has 0 aliphatic carbocycles. The quantitative estimate of drug-likeness (QED) is 0.580. The van der Waals surface area contributed by atoms with Crippen molar-refractivity contribution in [2.45, 2.75) is 41.5 Å². The van der Waals surface area contributed by atoms with Crippen molar-refractivity contribution < 1.29 is 0 Å². The van der Waals surface area contributed by atoms with E-state index < -0.39 is 0 Å². The van der Waals surface area contributed by atoms with Crippen molar-refractivity contribution in [3.8, 4) is 0 Å². The first-order valence-electron chi connectivity index (χ1n) is 4.58. The van der Waals surface area contributed by atoms with Gasteiger partial charge in [0.25, 0.3) is 0 Å². The first-order chi connectivity index (χ1) is 4.95. The van der Waals surface area contributed by atoms with Gasteiger partial charge >= 0.3 is 0 Å². The van der Waals surface area contributed by atoms with Crippen LogP contribution in [0.1, 0.15) is 41.5 Å². The Hall–Kier alpha value is -0.260. The topological polar surface area (TPSA) is 0 Å². The molecule has 0 aromatic carbocycles. The zero-order chi connectivity index (χ0) is 9.02. The van der Waals surface area contributed by atoms with Crippen LogP contribution in [0.15, 0.2) is 5.57 Å². The fourth-order valence-electron chi connectivity index (χ4n) is 1.33. The third kappa shape index (κ3) is 4.23. The molecular formula is C11H21. The molecule has 0 spiro atoms. The summed E-state index contributed by atoms with van der Waals surface area (Å²) >= 11 is 0. The zero-order valence-corrected chi connectivity index (χ0v) is 8.73. The van der Waals surface area contributed by atoms with Crippen LogP contribution in [0.3, 0.4) is 0 Å². The van der Waals surface area contributed by atoms with Gasteiger partial charge in [0, 0.05) is 0 Å². The van der Waals surface area contributed by atoms with Gasteiger partial charge in [-0.2, -0.15) is 0 Å². The summed E-state index contributed by atoms with van der Waals surface area (Å²) in [7, 11) is 0. The summed E-state index contributed by atoms with van der Waals surface area (Å²) in [6.07, 6.45) is 3.50. The molecule has 0 rings (SSSR count). The van der Waals surface area contributed by atoms with Crippen LogP contribution in [0.4, 0.5) is 0 Å². The molecule has 0 bridgehead atoms. The molecule has 0 unspecified atom stereocenters. The average Bonchev–Trinajstić information content (AvgIpc) is 1.81. The molecule has 0 amide bonds. The van der Waals surface area contributed by atoms with Gasteiger partial charge in [0.2, 0.25) is 0 Å². The van der Waals surface area contributed by atoms with E-state index >= 15 is 0 Å². The van der Waals surface area contributed by atoms with E-state index in [0.717, 1.165) is 0 Å². The van der Waals surface area contributed by atoms with Gasteiger partial charge in [-0.05, 0) is 23.8 Å². The highest BCUT2D eigenvalue weighted by Crippen LogP contribution is 2.20. The van der Waals surface area contributed by atoms with Crippen molar-refractivity contribution >= 4 is 0 Å². The molecule has 0 atom stereocenters. The molecule has 0 saturated carbocycles. The van der Waals surface area contributed by atoms with E-state index in [1.54, 1.807) is 0 Å². The third-order valence-electron chi connectivity index (χ3n) is 1.70. The second-order valence-corrected chi connectivity index (χ2v) is 4.06. The maximum absolute atomic E-state index is 3.50.